The van der Waals surface area contributed by atoms with Gasteiger partial charge in [-0.3, -0.25) is 0 Å². The van der Waals surface area contributed by atoms with Crippen molar-refractivity contribution >= 4 is 17.6 Å². The Labute approximate surface area is 158 Å². The van der Waals surface area contributed by atoms with Gasteiger partial charge in [0.2, 0.25) is 0 Å². The Morgan fingerprint density at radius 3 is 2.19 bits per heavy atom. The van der Waals surface area contributed by atoms with Crippen molar-refractivity contribution < 1.29 is 28.5 Å². The zero-order valence-electron chi connectivity index (χ0n) is 15.8. The van der Waals surface area contributed by atoms with Crippen LogP contribution in [0, 0.1) is 0 Å². The van der Waals surface area contributed by atoms with E-state index < -0.39 is 11.9 Å². The lowest BCUT2D eigenvalue weighted by Gasteiger charge is -2.13. The van der Waals surface area contributed by atoms with Crippen LogP contribution >= 0.6 is 0 Å². The van der Waals surface area contributed by atoms with Gasteiger partial charge in [-0.25, -0.2) is 9.59 Å². The van der Waals surface area contributed by atoms with E-state index >= 15 is 0 Å². The third-order valence-electron chi connectivity index (χ3n) is 4.19. The normalized spacial score (nSPS) is 10.2. The average Bonchev–Trinajstić information content (AvgIpc) is 2.70. The Morgan fingerprint density at radius 1 is 0.889 bits per heavy atom. The predicted molar refractivity (Wildman–Crippen MR) is 100 cm³/mol. The van der Waals surface area contributed by atoms with Crippen LogP contribution < -0.4 is 15.2 Å². The van der Waals surface area contributed by atoms with E-state index in [-0.39, 0.29) is 16.8 Å². The van der Waals surface area contributed by atoms with Crippen molar-refractivity contribution in [3.05, 3.63) is 52.6 Å². The monoisotopic (exact) mass is 373 g/mol. The molecule has 0 unspecified atom stereocenters. The molecule has 2 aromatic carbocycles. The summed E-state index contributed by atoms with van der Waals surface area (Å²) < 4.78 is 20.1. The largest absolute Gasteiger partial charge is 0.497 e. The van der Waals surface area contributed by atoms with Crippen molar-refractivity contribution in [2.75, 3.05) is 34.2 Å². The molecule has 0 bridgehead atoms. The van der Waals surface area contributed by atoms with E-state index in [1.807, 2.05) is 18.2 Å². The highest BCUT2D eigenvalue weighted by molar-refractivity contribution is 6.06. The lowest BCUT2D eigenvalue weighted by atomic mass is 9.97. The number of rotatable bonds is 7. The first-order chi connectivity index (χ1) is 12.9. The van der Waals surface area contributed by atoms with Gasteiger partial charge < -0.3 is 24.7 Å². The average molecular weight is 373 g/mol. The van der Waals surface area contributed by atoms with E-state index in [0.29, 0.717) is 12.8 Å². The van der Waals surface area contributed by atoms with Gasteiger partial charge in [-0.05, 0) is 54.3 Å². The molecule has 0 atom stereocenters. The number of methoxy groups -OCH3 is 4. The molecule has 144 valence electrons. The maximum atomic E-state index is 12.1. The molecule has 7 heteroatoms. The molecule has 0 aromatic heterocycles. The first kappa shape index (κ1) is 20.1. The maximum absolute atomic E-state index is 12.1. The molecule has 0 aliphatic rings. The van der Waals surface area contributed by atoms with E-state index in [2.05, 4.69) is 0 Å². The van der Waals surface area contributed by atoms with E-state index in [9.17, 15) is 9.59 Å². The van der Waals surface area contributed by atoms with Gasteiger partial charge in [0.1, 0.15) is 11.5 Å². The zero-order valence-corrected chi connectivity index (χ0v) is 15.8. The number of esters is 2. The van der Waals surface area contributed by atoms with Gasteiger partial charge in [0, 0.05) is 5.69 Å². The highest BCUT2D eigenvalue weighted by Gasteiger charge is 2.22. The van der Waals surface area contributed by atoms with Crippen molar-refractivity contribution in [3.63, 3.8) is 0 Å². The molecule has 0 saturated heterocycles. The van der Waals surface area contributed by atoms with Gasteiger partial charge >= 0.3 is 11.9 Å². The Balaban J connectivity index is 2.36. The van der Waals surface area contributed by atoms with Crippen LogP contribution in [-0.4, -0.2) is 40.4 Å². The molecule has 2 aromatic rings. The summed E-state index contributed by atoms with van der Waals surface area (Å²) in [7, 11) is 5.67. The topological polar surface area (TPSA) is 97.1 Å². The van der Waals surface area contributed by atoms with Crippen LogP contribution in [0.2, 0.25) is 0 Å². The smallest absolute Gasteiger partial charge is 0.340 e. The fourth-order valence-corrected chi connectivity index (χ4v) is 2.83. The summed E-state index contributed by atoms with van der Waals surface area (Å²) in [5.41, 5.74) is 7.99. The van der Waals surface area contributed by atoms with Gasteiger partial charge in [0.05, 0.1) is 39.6 Å². The van der Waals surface area contributed by atoms with E-state index in [1.165, 1.54) is 14.2 Å². The minimum atomic E-state index is -0.686. The van der Waals surface area contributed by atoms with Crippen molar-refractivity contribution in [2.24, 2.45) is 0 Å². The van der Waals surface area contributed by atoms with Gasteiger partial charge in [0.15, 0.2) is 0 Å². The van der Waals surface area contributed by atoms with Gasteiger partial charge in [-0.15, -0.1) is 0 Å². The second-order valence-corrected chi connectivity index (χ2v) is 5.77. The minimum absolute atomic E-state index is 0.00654. The quantitative estimate of drug-likeness (QED) is 0.588. The molecule has 0 aliphatic carbocycles. The number of benzene rings is 2. The van der Waals surface area contributed by atoms with Gasteiger partial charge in [-0.2, -0.15) is 0 Å². The van der Waals surface area contributed by atoms with Crippen LogP contribution in [0.15, 0.2) is 30.3 Å². The number of carbonyl (C=O) groups excluding carboxylic acids is 2. The fourth-order valence-electron chi connectivity index (χ4n) is 2.83. The Morgan fingerprint density at radius 2 is 1.59 bits per heavy atom. The summed E-state index contributed by atoms with van der Waals surface area (Å²) >= 11 is 0. The van der Waals surface area contributed by atoms with Crippen LogP contribution in [-0.2, 0) is 22.3 Å². The predicted octanol–water partition coefficient (Wildman–Crippen LogP) is 2.64. The van der Waals surface area contributed by atoms with Crippen molar-refractivity contribution in [1.82, 2.24) is 0 Å². The van der Waals surface area contributed by atoms with Crippen molar-refractivity contribution in [2.45, 2.75) is 12.8 Å². The first-order valence-electron chi connectivity index (χ1n) is 8.25. The summed E-state index contributed by atoms with van der Waals surface area (Å²) in [5, 5.41) is 0. The van der Waals surface area contributed by atoms with Crippen LogP contribution in [0.4, 0.5) is 5.69 Å². The fraction of sp³-hybridized carbons (Fsp3) is 0.300. The molecule has 0 spiro atoms. The molecule has 0 aliphatic heterocycles. The van der Waals surface area contributed by atoms with E-state index in [4.69, 9.17) is 24.7 Å². The van der Waals surface area contributed by atoms with Crippen LogP contribution in [0.5, 0.6) is 11.5 Å². The number of anilines is 1. The molecule has 0 saturated carbocycles. The molecule has 7 nitrogen and oxygen atoms in total. The van der Waals surface area contributed by atoms with Crippen LogP contribution in [0.25, 0.3) is 0 Å². The Kier molecular flexibility index (Phi) is 6.65. The third kappa shape index (κ3) is 4.49. The third-order valence-corrected chi connectivity index (χ3v) is 4.19. The van der Waals surface area contributed by atoms with Crippen molar-refractivity contribution in [3.8, 4) is 11.5 Å². The zero-order chi connectivity index (χ0) is 20.0. The minimum Gasteiger partial charge on any atom is -0.497 e. The molecule has 0 fully saturated rings. The number of nitrogens with two attached hydrogens (primary N) is 1. The maximum Gasteiger partial charge on any atom is 0.340 e. The molecular formula is C20H23NO6. The van der Waals surface area contributed by atoms with E-state index in [0.717, 1.165) is 22.6 Å². The SMILES string of the molecule is COC(=O)c1cc(CCc2cc(OC)ccc2OC)cc(N)c1C(=O)OC. The van der Waals surface area contributed by atoms with Crippen molar-refractivity contribution in [1.29, 1.82) is 0 Å². The Hall–Kier alpha value is -3.22. The van der Waals surface area contributed by atoms with Crippen LogP contribution in [0.1, 0.15) is 31.8 Å². The summed E-state index contributed by atoms with van der Waals surface area (Å²) in [6.45, 7) is 0. The number of hydrogen-bond donors (Lipinski definition) is 1. The number of aryl methyl sites for hydroxylation is 2. The summed E-state index contributed by atoms with van der Waals surface area (Å²) in [6, 6.07) is 8.81. The molecule has 2 N–H and O–H groups in total. The second-order valence-electron chi connectivity index (χ2n) is 5.77. The lowest BCUT2D eigenvalue weighted by Crippen LogP contribution is -2.15. The number of carbonyl (C=O) groups is 2. The molecular weight excluding hydrogens is 350 g/mol. The summed E-state index contributed by atoms with van der Waals surface area (Å²) in [5.74, 6) is 0.126. The number of ether oxygens (including phenoxy) is 4. The highest BCUT2D eigenvalue weighted by atomic mass is 16.5. The molecule has 0 amide bonds. The molecule has 0 radical (unpaired) electrons. The van der Waals surface area contributed by atoms with Gasteiger partial charge in [-0.1, -0.05) is 0 Å². The molecule has 0 heterocycles. The van der Waals surface area contributed by atoms with Gasteiger partial charge in [0.25, 0.3) is 0 Å². The summed E-state index contributed by atoms with van der Waals surface area (Å²) in [6.07, 6.45) is 1.19. The standard InChI is InChI=1S/C20H23NO6/c1-24-14-7-8-17(25-2)13(11-14)6-5-12-9-15(19(22)26-3)18(16(21)10-12)20(23)27-4/h7-11H,5-6,21H2,1-4H3. The van der Waals surface area contributed by atoms with Crippen LogP contribution in [0.3, 0.4) is 0 Å². The highest BCUT2D eigenvalue weighted by Crippen LogP contribution is 2.27. The number of nitrogen functional groups attached to an aromatic ring is 1. The second kappa shape index (κ2) is 8.93. The molecule has 2 rings (SSSR count). The molecule has 27 heavy (non-hydrogen) atoms. The lowest BCUT2D eigenvalue weighted by molar-refractivity contribution is 0.0556. The first-order valence-corrected chi connectivity index (χ1v) is 8.25. The van der Waals surface area contributed by atoms with E-state index in [1.54, 1.807) is 26.4 Å². The summed E-state index contributed by atoms with van der Waals surface area (Å²) in [4.78, 5) is 24.1. The number of hydrogen-bond acceptors (Lipinski definition) is 7. The Bertz CT molecular complexity index is 847.